The highest BCUT2D eigenvalue weighted by Gasteiger charge is 2.48. The molecular formula is C37H47FN6O3. The Morgan fingerprint density at radius 2 is 1.66 bits per heavy atom. The van der Waals surface area contributed by atoms with Crippen molar-refractivity contribution >= 4 is 12.0 Å². The van der Waals surface area contributed by atoms with E-state index in [1.807, 2.05) is 82.4 Å². The third-order valence-electron chi connectivity index (χ3n) is 8.45. The van der Waals surface area contributed by atoms with Crippen LogP contribution in [0.5, 0.6) is 0 Å². The van der Waals surface area contributed by atoms with E-state index in [1.165, 1.54) is 4.90 Å². The number of benzene rings is 2. The van der Waals surface area contributed by atoms with E-state index in [9.17, 15) is 9.59 Å². The van der Waals surface area contributed by atoms with Crippen LogP contribution < -0.4 is 0 Å². The van der Waals surface area contributed by atoms with Gasteiger partial charge in [-0.25, -0.2) is 14.2 Å². The summed E-state index contributed by atoms with van der Waals surface area (Å²) in [6, 6.07) is 21.1. The quantitative estimate of drug-likeness (QED) is 0.203. The van der Waals surface area contributed by atoms with Crippen molar-refractivity contribution in [2.24, 2.45) is 12.5 Å². The van der Waals surface area contributed by atoms with E-state index in [-0.39, 0.29) is 31.7 Å². The molecule has 4 aromatic rings. The zero-order valence-corrected chi connectivity index (χ0v) is 28.8. The number of aromatic nitrogens is 4. The highest BCUT2D eigenvalue weighted by molar-refractivity contribution is 5.93. The van der Waals surface area contributed by atoms with Gasteiger partial charge in [-0.1, -0.05) is 81.4 Å². The number of amides is 2. The number of alkyl halides is 1. The molecule has 2 aromatic heterocycles. The molecule has 2 aromatic carbocycles. The molecule has 10 heteroatoms. The lowest BCUT2D eigenvalue weighted by atomic mass is 9.83. The second-order valence-electron chi connectivity index (χ2n) is 14.8. The number of halogens is 1. The molecule has 0 bridgehead atoms. The van der Waals surface area contributed by atoms with Crippen LogP contribution >= 0.6 is 0 Å². The summed E-state index contributed by atoms with van der Waals surface area (Å²) >= 11 is 0. The van der Waals surface area contributed by atoms with Gasteiger partial charge in [-0.05, 0) is 44.7 Å². The summed E-state index contributed by atoms with van der Waals surface area (Å²) in [6.07, 6.45) is 1.52. The molecule has 250 valence electrons. The molecular weight excluding hydrogens is 595 g/mol. The maximum atomic E-state index is 17.1. The maximum Gasteiger partial charge on any atom is 0.410 e. The number of hydrogen-bond acceptors (Lipinski definition) is 5. The SMILES string of the molecule is Cc1cc(C(=O)N(C[C@]2(F)CCN(C(=O)OC(C)(C)C)C2)C(c2nc(-c3ccccc3)cn2Cc2ccccc2)C(C)(C)C)nn1C. The predicted molar refractivity (Wildman–Crippen MR) is 181 cm³/mol. The number of carbonyl (C=O) groups excluding carboxylic acids is 2. The highest BCUT2D eigenvalue weighted by Crippen LogP contribution is 2.42. The minimum Gasteiger partial charge on any atom is -0.444 e. The number of imidazole rings is 1. The van der Waals surface area contributed by atoms with Gasteiger partial charge in [-0.3, -0.25) is 9.48 Å². The van der Waals surface area contributed by atoms with Gasteiger partial charge < -0.3 is 19.1 Å². The van der Waals surface area contributed by atoms with Gasteiger partial charge in [0.2, 0.25) is 0 Å². The van der Waals surface area contributed by atoms with Gasteiger partial charge in [0.05, 0.1) is 24.8 Å². The molecule has 0 radical (unpaired) electrons. The maximum absolute atomic E-state index is 17.1. The number of ether oxygens (including phenoxy) is 1. The molecule has 5 rings (SSSR count). The summed E-state index contributed by atoms with van der Waals surface area (Å²) in [5, 5.41) is 4.50. The van der Waals surface area contributed by atoms with Gasteiger partial charge in [-0.2, -0.15) is 5.10 Å². The molecule has 2 amide bonds. The van der Waals surface area contributed by atoms with E-state index in [0.717, 1.165) is 22.5 Å². The highest BCUT2D eigenvalue weighted by atomic mass is 19.1. The van der Waals surface area contributed by atoms with Crippen LogP contribution in [0.4, 0.5) is 9.18 Å². The van der Waals surface area contributed by atoms with Gasteiger partial charge >= 0.3 is 6.09 Å². The summed E-state index contributed by atoms with van der Waals surface area (Å²) in [7, 11) is 1.78. The molecule has 1 saturated heterocycles. The van der Waals surface area contributed by atoms with E-state index in [0.29, 0.717) is 12.4 Å². The van der Waals surface area contributed by atoms with Crippen LogP contribution in [0.25, 0.3) is 11.3 Å². The monoisotopic (exact) mass is 642 g/mol. The van der Waals surface area contributed by atoms with Crippen molar-refractivity contribution in [1.82, 2.24) is 29.1 Å². The van der Waals surface area contributed by atoms with E-state index < -0.39 is 34.7 Å². The first kappa shape index (κ1) is 33.9. The molecule has 0 aliphatic carbocycles. The molecule has 1 unspecified atom stereocenters. The Morgan fingerprint density at radius 3 is 2.23 bits per heavy atom. The second-order valence-corrected chi connectivity index (χ2v) is 14.8. The van der Waals surface area contributed by atoms with Crippen molar-refractivity contribution in [1.29, 1.82) is 0 Å². The first-order chi connectivity index (χ1) is 22.0. The van der Waals surface area contributed by atoms with Crippen LogP contribution in [0.3, 0.4) is 0 Å². The number of hydrogen-bond donors (Lipinski definition) is 0. The Bertz CT molecular complexity index is 1680. The largest absolute Gasteiger partial charge is 0.444 e. The van der Waals surface area contributed by atoms with Crippen LogP contribution in [-0.4, -0.2) is 72.0 Å². The second kappa shape index (κ2) is 13.0. The van der Waals surface area contributed by atoms with E-state index in [1.54, 1.807) is 43.5 Å². The number of carbonyl (C=O) groups is 2. The molecule has 0 spiro atoms. The Morgan fingerprint density at radius 1 is 1.02 bits per heavy atom. The predicted octanol–water partition coefficient (Wildman–Crippen LogP) is 7.22. The molecule has 0 N–H and O–H groups in total. The number of likely N-dealkylation sites (tertiary alicyclic amines) is 1. The number of nitrogens with zero attached hydrogens (tertiary/aromatic N) is 6. The van der Waals surface area contributed by atoms with E-state index >= 15 is 4.39 Å². The fourth-order valence-corrected chi connectivity index (χ4v) is 6.14. The summed E-state index contributed by atoms with van der Waals surface area (Å²) in [5.74, 6) is 0.253. The molecule has 1 aliphatic rings. The third-order valence-corrected chi connectivity index (χ3v) is 8.45. The van der Waals surface area contributed by atoms with Gasteiger partial charge in [-0.15, -0.1) is 0 Å². The first-order valence-electron chi connectivity index (χ1n) is 16.2. The first-order valence-corrected chi connectivity index (χ1v) is 16.2. The zero-order valence-electron chi connectivity index (χ0n) is 28.8. The standard InChI is InChI=1S/C37H47FN6O3/c1-26-21-29(40-41(26)8)33(45)44(25-37(38)19-20-42(24-37)34(46)47-36(5,6)7)31(35(2,3)4)32-39-30(28-17-13-10-14-18-28)23-43(32)22-27-15-11-9-12-16-27/h9-18,21,23,31H,19-20,22,24-25H2,1-8H3/t31?,37-/m0/s1. The van der Waals surface area contributed by atoms with Crippen LogP contribution in [0.15, 0.2) is 72.9 Å². The normalized spacial score (nSPS) is 17.5. The lowest BCUT2D eigenvalue weighted by Crippen LogP contribution is -2.50. The smallest absolute Gasteiger partial charge is 0.410 e. The minimum absolute atomic E-state index is 0.0713. The van der Waals surface area contributed by atoms with Crippen molar-refractivity contribution in [3.63, 3.8) is 0 Å². The summed E-state index contributed by atoms with van der Waals surface area (Å²) < 4.78 is 26.3. The molecule has 0 saturated carbocycles. The number of aryl methyl sites for hydroxylation is 2. The molecule has 47 heavy (non-hydrogen) atoms. The summed E-state index contributed by atoms with van der Waals surface area (Å²) in [5.41, 5.74) is 0.657. The molecule has 1 fully saturated rings. The van der Waals surface area contributed by atoms with Crippen LogP contribution in [-0.2, 0) is 18.3 Å². The lowest BCUT2D eigenvalue weighted by molar-refractivity contribution is 0.0132. The average molecular weight is 643 g/mol. The van der Waals surface area contributed by atoms with Crippen LogP contribution in [0, 0.1) is 12.3 Å². The third kappa shape index (κ3) is 7.92. The van der Waals surface area contributed by atoms with Gasteiger partial charge in [0.1, 0.15) is 17.1 Å². The topological polar surface area (TPSA) is 85.5 Å². The molecule has 2 atom stereocenters. The van der Waals surface area contributed by atoms with Gasteiger partial charge in [0.25, 0.3) is 5.91 Å². The van der Waals surface area contributed by atoms with Crippen molar-refractivity contribution in [3.8, 4) is 11.3 Å². The van der Waals surface area contributed by atoms with Crippen molar-refractivity contribution < 1.29 is 18.7 Å². The zero-order chi connectivity index (χ0) is 34.1. The summed E-state index contributed by atoms with van der Waals surface area (Å²) in [6.45, 7) is 13.6. The van der Waals surface area contributed by atoms with Crippen molar-refractivity contribution in [2.75, 3.05) is 19.6 Å². The van der Waals surface area contributed by atoms with Crippen molar-refractivity contribution in [2.45, 2.75) is 78.7 Å². The lowest BCUT2D eigenvalue weighted by Gasteiger charge is -2.42. The van der Waals surface area contributed by atoms with Gasteiger partial charge in [0, 0.05) is 44.0 Å². The summed E-state index contributed by atoms with van der Waals surface area (Å²) in [4.78, 5) is 35.7. The van der Waals surface area contributed by atoms with E-state index in [2.05, 4.69) is 21.8 Å². The molecule has 9 nitrogen and oxygen atoms in total. The number of rotatable bonds is 8. The fourth-order valence-electron chi connectivity index (χ4n) is 6.14. The van der Waals surface area contributed by atoms with Crippen LogP contribution in [0.2, 0.25) is 0 Å². The van der Waals surface area contributed by atoms with Crippen molar-refractivity contribution in [3.05, 3.63) is 95.7 Å². The Balaban J connectivity index is 1.61. The van der Waals surface area contributed by atoms with Crippen LogP contribution in [0.1, 0.15) is 81.6 Å². The Kier molecular flexibility index (Phi) is 9.35. The van der Waals surface area contributed by atoms with E-state index in [4.69, 9.17) is 9.72 Å². The molecule has 1 aliphatic heterocycles. The van der Waals surface area contributed by atoms with Gasteiger partial charge in [0.15, 0.2) is 5.69 Å². The fraction of sp³-hybridized carbons (Fsp3) is 0.459. The molecule has 3 heterocycles. The minimum atomic E-state index is -1.88. The average Bonchev–Trinajstić information content (AvgIpc) is 3.69. The Labute approximate surface area is 277 Å². The Hall–Kier alpha value is -4.47.